The molecule has 1 heterocycles. The maximum atomic E-state index is 11.3. The zero-order chi connectivity index (χ0) is 19.6. The summed E-state index contributed by atoms with van der Waals surface area (Å²) in [6.45, 7) is 4.11. The third-order valence-electron chi connectivity index (χ3n) is 4.18. The summed E-state index contributed by atoms with van der Waals surface area (Å²) in [5.74, 6) is 0.285. The second kappa shape index (κ2) is 10.7. The molecule has 0 radical (unpaired) electrons. The van der Waals surface area contributed by atoms with E-state index in [-0.39, 0.29) is 0 Å². The summed E-state index contributed by atoms with van der Waals surface area (Å²) >= 11 is 6.03. The van der Waals surface area contributed by atoms with Crippen LogP contribution in [-0.2, 0) is 4.79 Å². The van der Waals surface area contributed by atoms with Crippen molar-refractivity contribution in [1.82, 2.24) is 4.98 Å². The van der Waals surface area contributed by atoms with Gasteiger partial charge in [-0.2, -0.15) is 0 Å². The molecule has 2 N–H and O–H groups in total. The van der Waals surface area contributed by atoms with Crippen molar-refractivity contribution >= 4 is 28.4 Å². The highest BCUT2D eigenvalue weighted by Gasteiger charge is 2.08. The van der Waals surface area contributed by atoms with Crippen LogP contribution in [0.15, 0.2) is 48.3 Å². The molecular weight excluding hydrogens is 360 g/mol. The minimum Gasteiger partial charge on any atom is -0.439 e. The topological polar surface area (TPSA) is 65.2 Å². The van der Waals surface area contributed by atoms with Gasteiger partial charge in [0.15, 0.2) is 0 Å². The van der Waals surface area contributed by atoms with E-state index in [1.165, 1.54) is 31.8 Å². The standard InChI is InChI=1S/C22H27ClN2O2/c1-3-4-5-6-7-8-9-10-19(15-21(24)26)27-22-16(2)13-17-14-18(23)11-12-20(17)25-22/h9-15H,3-8H2,1-2H3,(H2,24,26)/b10-9+,19-15+. The Hall–Kier alpha value is -2.33. The van der Waals surface area contributed by atoms with Crippen molar-refractivity contribution in [2.75, 3.05) is 0 Å². The van der Waals surface area contributed by atoms with Gasteiger partial charge in [-0.3, -0.25) is 4.79 Å². The zero-order valence-electron chi connectivity index (χ0n) is 16.0. The number of hydrogen-bond acceptors (Lipinski definition) is 3. The number of nitrogens with zero attached hydrogens (tertiary/aromatic N) is 1. The molecule has 1 amide bonds. The number of carbonyl (C=O) groups excluding carboxylic acids is 1. The Kier molecular flexibility index (Phi) is 8.34. The number of rotatable bonds is 10. The molecule has 0 saturated heterocycles. The van der Waals surface area contributed by atoms with Gasteiger partial charge in [0.1, 0.15) is 5.76 Å². The van der Waals surface area contributed by atoms with Gasteiger partial charge >= 0.3 is 0 Å². The largest absolute Gasteiger partial charge is 0.439 e. The van der Waals surface area contributed by atoms with Crippen molar-refractivity contribution in [2.45, 2.75) is 52.4 Å². The summed E-state index contributed by atoms with van der Waals surface area (Å²) in [5, 5.41) is 1.60. The number of unbranched alkanes of at least 4 members (excludes halogenated alkanes) is 5. The number of allylic oxidation sites excluding steroid dienone is 2. The lowest BCUT2D eigenvalue weighted by molar-refractivity contribution is -0.113. The molecule has 0 spiro atoms. The Morgan fingerprint density at radius 2 is 2.00 bits per heavy atom. The molecule has 2 aromatic rings. The number of benzene rings is 1. The fourth-order valence-corrected chi connectivity index (χ4v) is 2.95. The van der Waals surface area contributed by atoms with Crippen LogP contribution in [0.3, 0.4) is 0 Å². The molecule has 0 atom stereocenters. The van der Waals surface area contributed by atoms with Crippen LogP contribution in [0.2, 0.25) is 5.02 Å². The first kappa shape index (κ1) is 21.0. The average molecular weight is 387 g/mol. The number of aryl methyl sites for hydroxylation is 1. The summed E-state index contributed by atoms with van der Waals surface area (Å²) in [7, 11) is 0. The second-order valence-corrected chi connectivity index (χ2v) is 7.04. The number of nitrogens with two attached hydrogens (primary N) is 1. The summed E-state index contributed by atoms with van der Waals surface area (Å²) in [6, 6.07) is 7.45. The third kappa shape index (κ3) is 7.06. The highest BCUT2D eigenvalue weighted by Crippen LogP contribution is 2.25. The number of halogens is 1. The van der Waals surface area contributed by atoms with E-state index in [1.807, 2.05) is 31.2 Å². The summed E-state index contributed by atoms with van der Waals surface area (Å²) < 4.78 is 5.87. The summed E-state index contributed by atoms with van der Waals surface area (Å²) in [5.41, 5.74) is 6.94. The molecule has 0 aliphatic carbocycles. The summed E-state index contributed by atoms with van der Waals surface area (Å²) in [4.78, 5) is 15.9. The first-order valence-electron chi connectivity index (χ1n) is 9.42. The molecule has 2 rings (SSSR count). The number of hydrogen-bond donors (Lipinski definition) is 1. The van der Waals surface area contributed by atoms with E-state index in [4.69, 9.17) is 22.1 Å². The number of aromatic nitrogens is 1. The van der Waals surface area contributed by atoms with Gasteiger partial charge in [0.05, 0.1) is 5.52 Å². The quantitative estimate of drug-likeness (QED) is 0.240. The molecule has 1 aromatic heterocycles. The molecule has 0 fully saturated rings. The Bertz CT molecular complexity index is 844. The monoisotopic (exact) mass is 386 g/mol. The third-order valence-corrected chi connectivity index (χ3v) is 4.41. The van der Waals surface area contributed by atoms with Crippen LogP contribution >= 0.6 is 11.6 Å². The Balaban J connectivity index is 2.09. The maximum absolute atomic E-state index is 11.3. The highest BCUT2D eigenvalue weighted by molar-refractivity contribution is 6.31. The predicted molar refractivity (Wildman–Crippen MR) is 112 cm³/mol. The van der Waals surface area contributed by atoms with Crippen LogP contribution < -0.4 is 10.5 Å². The molecule has 0 bridgehead atoms. The number of primary amides is 1. The number of pyridine rings is 1. The highest BCUT2D eigenvalue weighted by atomic mass is 35.5. The van der Waals surface area contributed by atoms with Gasteiger partial charge in [0.2, 0.25) is 11.8 Å². The van der Waals surface area contributed by atoms with Crippen LogP contribution in [0, 0.1) is 6.92 Å². The second-order valence-electron chi connectivity index (χ2n) is 6.60. The number of amides is 1. The van der Waals surface area contributed by atoms with E-state index in [9.17, 15) is 4.79 Å². The molecule has 5 heteroatoms. The van der Waals surface area contributed by atoms with E-state index in [0.717, 1.165) is 29.3 Å². The van der Waals surface area contributed by atoms with Gasteiger partial charge in [-0.1, -0.05) is 50.3 Å². The van der Waals surface area contributed by atoms with Gasteiger partial charge in [0.25, 0.3) is 0 Å². The van der Waals surface area contributed by atoms with Crippen LogP contribution in [0.4, 0.5) is 0 Å². The molecule has 0 unspecified atom stereocenters. The van der Waals surface area contributed by atoms with Crippen molar-refractivity contribution < 1.29 is 9.53 Å². The molecule has 0 saturated carbocycles. The lowest BCUT2D eigenvalue weighted by Gasteiger charge is -2.10. The maximum Gasteiger partial charge on any atom is 0.245 e. The normalized spacial score (nSPS) is 12.0. The first-order valence-corrected chi connectivity index (χ1v) is 9.80. The first-order chi connectivity index (χ1) is 13.0. The lowest BCUT2D eigenvalue weighted by atomic mass is 10.1. The van der Waals surface area contributed by atoms with Crippen LogP contribution in [0.1, 0.15) is 51.0 Å². The fraction of sp³-hybridized carbons (Fsp3) is 0.364. The predicted octanol–water partition coefficient (Wildman–Crippen LogP) is 5.86. The smallest absolute Gasteiger partial charge is 0.245 e. The van der Waals surface area contributed by atoms with Crippen molar-refractivity contribution in [1.29, 1.82) is 0 Å². The van der Waals surface area contributed by atoms with Crippen molar-refractivity contribution in [3.8, 4) is 5.88 Å². The fourth-order valence-electron chi connectivity index (χ4n) is 2.77. The number of ether oxygens (including phenoxy) is 1. The Labute approximate surface area is 166 Å². The molecule has 4 nitrogen and oxygen atoms in total. The Morgan fingerprint density at radius 1 is 1.22 bits per heavy atom. The molecule has 27 heavy (non-hydrogen) atoms. The lowest BCUT2D eigenvalue weighted by Crippen LogP contribution is -2.09. The SMILES string of the molecule is CCCCCCC/C=C/C(=C\C(N)=O)Oc1nc2ccc(Cl)cc2cc1C. The number of carbonyl (C=O) groups is 1. The Morgan fingerprint density at radius 3 is 2.74 bits per heavy atom. The van der Waals surface area contributed by atoms with E-state index in [1.54, 1.807) is 12.1 Å². The molecule has 0 aliphatic rings. The van der Waals surface area contributed by atoms with Crippen LogP contribution in [-0.4, -0.2) is 10.9 Å². The van der Waals surface area contributed by atoms with Gasteiger partial charge in [-0.05, 0) is 50.1 Å². The van der Waals surface area contributed by atoms with E-state index in [2.05, 4.69) is 11.9 Å². The number of fused-ring (bicyclic) bond motifs is 1. The zero-order valence-corrected chi connectivity index (χ0v) is 16.8. The average Bonchev–Trinajstić information content (AvgIpc) is 2.61. The minimum atomic E-state index is -0.553. The van der Waals surface area contributed by atoms with Crippen LogP contribution in [0.5, 0.6) is 5.88 Å². The summed E-state index contributed by atoms with van der Waals surface area (Å²) in [6.07, 6.45) is 12.1. The van der Waals surface area contributed by atoms with Crippen LogP contribution in [0.25, 0.3) is 10.9 Å². The molecular formula is C22H27ClN2O2. The van der Waals surface area contributed by atoms with E-state index < -0.39 is 5.91 Å². The van der Waals surface area contributed by atoms with Crippen molar-refractivity contribution in [2.24, 2.45) is 5.73 Å². The van der Waals surface area contributed by atoms with E-state index in [0.29, 0.717) is 16.7 Å². The van der Waals surface area contributed by atoms with Gasteiger partial charge < -0.3 is 10.5 Å². The molecule has 144 valence electrons. The van der Waals surface area contributed by atoms with Gasteiger partial charge in [-0.25, -0.2) is 4.98 Å². The van der Waals surface area contributed by atoms with Gasteiger partial charge in [-0.15, -0.1) is 0 Å². The minimum absolute atomic E-state index is 0.389. The van der Waals surface area contributed by atoms with E-state index >= 15 is 0 Å². The molecule has 0 aliphatic heterocycles. The van der Waals surface area contributed by atoms with Crippen molar-refractivity contribution in [3.05, 3.63) is 58.8 Å². The van der Waals surface area contributed by atoms with Crippen molar-refractivity contribution in [3.63, 3.8) is 0 Å². The molecule has 1 aromatic carbocycles. The van der Waals surface area contributed by atoms with Gasteiger partial charge in [0, 0.05) is 22.0 Å².